The second kappa shape index (κ2) is 7.88. The number of hydrogen-bond acceptors (Lipinski definition) is 4. The molecule has 24 heavy (non-hydrogen) atoms. The molecule has 1 aromatic carbocycles. The molecular formula is C20H26N2O2. The fraction of sp³-hybridized carbons (Fsp3) is 0.450. The van der Waals surface area contributed by atoms with Crippen LogP contribution in [0.25, 0.3) is 0 Å². The fourth-order valence-corrected chi connectivity index (χ4v) is 3.58. The maximum absolute atomic E-state index is 5.58. The summed E-state index contributed by atoms with van der Waals surface area (Å²) in [5.41, 5.74) is 3.53. The van der Waals surface area contributed by atoms with Crippen molar-refractivity contribution in [1.29, 1.82) is 0 Å². The molecule has 0 amide bonds. The SMILES string of the molecule is CO[C@@H]1CC(NC(c2cccc(C)c2)c2ccccn2)C[C@H]1OC. The Morgan fingerprint density at radius 2 is 1.79 bits per heavy atom. The van der Waals surface area contributed by atoms with Gasteiger partial charge in [0.05, 0.1) is 23.9 Å². The normalized spacial score (nSPS) is 22.6. The van der Waals surface area contributed by atoms with E-state index < -0.39 is 0 Å². The molecule has 4 nitrogen and oxygen atoms in total. The third-order valence-corrected chi connectivity index (χ3v) is 4.82. The highest BCUT2D eigenvalue weighted by atomic mass is 16.5. The van der Waals surface area contributed by atoms with E-state index in [9.17, 15) is 0 Å². The predicted octanol–water partition coefficient (Wildman–Crippen LogP) is 3.26. The average molecular weight is 326 g/mol. The summed E-state index contributed by atoms with van der Waals surface area (Å²) >= 11 is 0. The van der Waals surface area contributed by atoms with Gasteiger partial charge in [-0.15, -0.1) is 0 Å². The molecule has 3 rings (SSSR count). The van der Waals surface area contributed by atoms with Gasteiger partial charge in [-0.05, 0) is 37.5 Å². The molecule has 0 radical (unpaired) electrons. The van der Waals surface area contributed by atoms with Gasteiger partial charge in [0.2, 0.25) is 0 Å². The minimum atomic E-state index is 0.0733. The molecule has 4 heteroatoms. The van der Waals surface area contributed by atoms with Crippen molar-refractivity contribution < 1.29 is 9.47 Å². The number of nitrogens with zero attached hydrogens (tertiary/aromatic N) is 1. The third-order valence-electron chi connectivity index (χ3n) is 4.82. The summed E-state index contributed by atoms with van der Waals surface area (Å²) in [5.74, 6) is 0. The minimum absolute atomic E-state index is 0.0733. The van der Waals surface area contributed by atoms with Crippen LogP contribution < -0.4 is 5.32 Å². The Kier molecular flexibility index (Phi) is 5.61. The third kappa shape index (κ3) is 3.83. The van der Waals surface area contributed by atoms with Gasteiger partial charge in [-0.1, -0.05) is 35.9 Å². The largest absolute Gasteiger partial charge is 0.379 e. The second-order valence-electron chi connectivity index (χ2n) is 6.49. The Labute approximate surface area is 144 Å². The number of aryl methyl sites for hydroxylation is 1. The molecule has 0 saturated heterocycles. The van der Waals surface area contributed by atoms with Gasteiger partial charge >= 0.3 is 0 Å². The lowest BCUT2D eigenvalue weighted by molar-refractivity contribution is -0.0157. The van der Waals surface area contributed by atoms with Crippen LogP contribution in [0.1, 0.15) is 35.7 Å². The molecule has 0 spiro atoms. The molecule has 1 saturated carbocycles. The van der Waals surface area contributed by atoms with Gasteiger partial charge in [-0.3, -0.25) is 4.98 Å². The Morgan fingerprint density at radius 3 is 2.38 bits per heavy atom. The molecule has 1 heterocycles. The fourth-order valence-electron chi connectivity index (χ4n) is 3.58. The number of rotatable bonds is 6. The number of hydrogen-bond donors (Lipinski definition) is 1. The van der Waals surface area contributed by atoms with E-state index in [1.165, 1.54) is 11.1 Å². The van der Waals surface area contributed by atoms with E-state index in [0.717, 1.165) is 18.5 Å². The van der Waals surface area contributed by atoms with Crippen molar-refractivity contribution in [3.63, 3.8) is 0 Å². The Morgan fingerprint density at radius 1 is 1.04 bits per heavy atom. The van der Waals surface area contributed by atoms with E-state index in [1.807, 2.05) is 18.3 Å². The first-order valence-electron chi connectivity index (χ1n) is 8.50. The van der Waals surface area contributed by atoms with Crippen molar-refractivity contribution in [2.24, 2.45) is 0 Å². The van der Waals surface area contributed by atoms with Gasteiger partial charge in [0, 0.05) is 26.5 Å². The van der Waals surface area contributed by atoms with Crippen molar-refractivity contribution in [3.05, 3.63) is 65.5 Å². The van der Waals surface area contributed by atoms with E-state index >= 15 is 0 Å². The summed E-state index contributed by atoms with van der Waals surface area (Å²) in [5, 5.41) is 3.78. The van der Waals surface area contributed by atoms with Crippen LogP contribution in [0, 0.1) is 6.92 Å². The number of benzene rings is 1. The van der Waals surface area contributed by atoms with Crippen LogP contribution in [0.3, 0.4) is 0 Å². The highest BCUT2D eigenvalue weighted by molar-refractivity contribution is 5.31. The highest BCUT2D eigenvalue weighted by Crippen LogP contribution is 2.29. The van der Waals surface area contributed by atoms with Crippen LogP contribution in [-0.2, 0) is 9.47 Å². The van der Waals surface area contributed by atoms with Crippen LogP contribution >= 0.6 is 0 Å². The van der Waals surface area contributed by atoms with Crippen LogP contribution in [0.5, 0.6) is 0 Å². The molecule has 1 unspecified atom stereocenters. The lowest BCUT2D eigenvalue weighted by atomic mass is 9.99. The van der Waals surface area contributed by atoms with Crippen molar-refractivity contribution in [1.82, 2.24) is 10.3 Å². The van der Waals surface area contributed by atoms with Crippen molar-refractivity contribution in [3.8, 4) is 0 Å². The second-order valence-corrected chi connectivity index (χ2v) is 6.49. The molecule has 0 aliphatic heterocycles. The van der Waals surface area contributed by atoms with Crippen molar-refractivity contribution in [2.75, 3.05) is 14.2 Å². The van der Waals surface area contributed by atoms with Crippen LogP contribution in [-0.4, -0.2) is 37.5 Å². The monoisotopic (exact) mass is 326 g/mol. The number of aromatic nitrogens is 1. The molecule has 2 aromatic rings. The van der Waals surface area contributed by atoms with Crippen molar-refractivity contribution in [2.45, 2.75) is 44.1 Å². The number of nitrogens with one attached hydrogen (secondary N) is 1. The topological polar surface area (TPSA) is 43.4 Å². The molecular weight excluding hydrogens is 300 g/mol. The molecule has 1 aliphatic rings. The summed E-state index contributed by atoms with van der Waals surface area (Å²) in [4.78, 5) is 4.58. The van der Waals surface area contributed by atoms with Gasteiger partial charge in [-0.25, -0.2) is 0 Å². The summed E-state index contributed by atoms with van der Waals surface area (Å²) in [6.07, 6.45) is 4.04. The predicted molar refractivity (Wildman–Crippen MR) is 95.0 cm³/mol. The number of methoxy groups -OCH3 is 2. The first-order chi connectivity index (χ1) is 11.7. The van der Waals surface area contributed by atoms with Crippen LogP contribution in [0.15, 0.2) is 48.7 Å². The Hall–Kier alpha value is -1.75. The first-order valence-corrected chi connectivity index (χ1v) is 8.50. The summed E-state index contributed by atoms with van der Waals surface area (Å²) in [6, 6.07) is 15.1. The highest BCUT2D eigenvalue weighted by Gasteiger charge is 2.36. The molecule has 0 bridgehead atoms. The first kappa shape index (κ1) is 17.1. The maximum atomic E-state index is 5.58. The molecule has 1 aromatic heterocycles. The molecule has 128 valence electrons. The van der Waals surface area contributed by atoms with E-state index in [4.69, 9.17) is 9.47 Å². The lowest BCUT2D eigenvalue weighted by Crippen LogP contribution is -2.32. The zero-order chi connectivity index (χ0) is 16.9. The Bertz CT molecular complexity index is 635. The van der Waals surface area contributed by atoms with E-state index in [1.54, 1.807) is 14.2 Å². The van der Waals surface area contributed by atoms with Crippen molar-refractivity contribution >= 4 is 0 Å². The lowest BCUT2D eigenvalue weighted by Gasteiger charge is -2.23. The zero-order valence-corrected chi connectivity index (χ0v) is 14.6. The van der Waals surface area contributed by atoms with Gasteiger partial charge < -0.3 is 14.8 Å². The van der Waals surface area contributed by atoms with Gasteiger partial charge in [0.15, 0.2) is 0 Å². The van der Waals surface area contributed by atoms with Crippen LogP contribution in [0.2, 0.25) is 0 Å². The van der Waals surface area contributed by atoms with Gasteiger partial charge in [-0.2, -0.15) is 0 Å². The standard InChI is InChI=1S/C20H26N2O2/c1-14-7-6-8-15(11-14)20(17-9-4-5-10-21-17)22-16-12-18(23-2)19(13-16)24-3/h4-11,16,18-20,22H,12-13H2,1-3H3/t18-,19-,20?/m1/s1. The molecule has 1 aliphatic carbocycles. The summed E-state index contributed by atoms with van der Waals surface area (Å²) < 4.78 is 11.2. The molecule has 1 N–H and O–H groups in total. The summed E-state index contributed by atoms with van der Waals surface area (Å²) in [6.45, 7) is 2.12. The number of ether oxygens (including phenoxy) is 2. The number of pyridine rings is 1. The average Bonchev–Trinajstić information content (AvgIpc) is 3.02. The van der Waals surface area contributed by atoms with Crippen LogP contribution in [0.4, 0.5) is 0 Å². The molecule has 1 fully saturated rings. The quantitative estimate of drug-likeness (QED) is 0.885. The Balaban J connectivity index is 1.84. The minimum Gasteiger partial charge on any atom is -0.379 e. The van der Waals surface area contributed by atoms with E-state index in [0.29, 0.717) is 6.04 Å². The van der Waals surface area contributed by atoms with Gasteiger partial charge in [0.25, 0.3) is 0 Å². The van der Waals surface area contributed by atoms with E-state index in [-0.39, 0.29) is 18.2 Å². The summed E-state index contributed by atoms with van der Waals surface area (Å²) in [7, 11) is 3.52. The van der Waals surface area contributed by atoms with E-state index in [2.05, 4.69) is 47.6 Å². The molecule has 3 atom stereocenters. The smallest absolute Gasteiger partial charge is 0.0848 e. The maximum Gasteiger partial charge on any atom is 0.0848 e. The van der Waals surface area contributed by atoms with Gasteiger partial charge in [0.1, 0.15) is 0 Å². The zero-order valence-electron chi connectivity index (χ0n) is 14.6.